The van der Waals surface area contributed by atoms with Crippen molar-refractivity contribution in [2.24, 2.45) is 0 Å². The number of benzene rings is 2. The van der Waals surface area contributed by atoms with E-state index in [9.17, 15) is 13.2 Å². The molecule has 2 aromatic carbocycles. The average molecular weight is 338 g/mol. The van der Waals surface area contributed by atoms with Crippen molar-refractivity contribution < 1.29 is 13.2 Å². The summed E-state index contributed by atoms with van der Waals surface area (Å²) in [6.07, 6.45) is -0.108. The van der Waals surface area contributed by atoms with Crippen LogP contribution in [0.2, 0.25) is 5.02 Å². The SMILES string of the molecule is Cc1ccc(NC(=O)CCS(=O)(=O)c2ccccc2)cc1Cl. The van der Waals surface area contributed by atoms with Crippen LogP contribution in [0.5, 0.6) is 0 Å². The van der Waals surface area contributed by atoms with E-state index < -0.39 is 9.84 Å². The Bertz CT molecular complexity index is 773. The summed E-state index contributed by atoms with van der Waals surface area (Å²) in [6, 6.07) is 13.2. The summed E-state index contributed by atoms with van der Waals surface area (Å²) in [6.45, 7) is 1.86. The van der Waals surface area contributed by atoms with Crippen molar-refractivity contribution >= 4 is 33.0 Å². The van der Waals surface area contributed by atoms with Crippen molar-refractivity contribution in [3.8, 4) is 0 Å². The molecule has 0 unspecified atom stereocenters. The van der Waals surface area contributed by atoms with Crippen molar-refractivity contribution in [3.63, 3.8) is 0 Å². The van der Waals surface area contributed by atoms with Gasteiger partial charge in [-0.3, -0.25) is 4.79 Å². The maximum atomic E-state index is 12.1. The highest BCUT2D eigenvalue weighted by atomic mass is 35.5. The van der Waals surface area contributed by atoms with Crippen molar-refractivity contribution in [2.45, 2.75) is 18.2 Å². The van der Waals surface area contributed by atoms with Crippen LogP contribution in [-0.2, 0) is 14.6 Å². The molecule has 116 valence electrons. The Kier molecular flexibility index (Phi) is 5.21. The van der Waals surface area contributed by atoms with E-state index in [-0.39, 0.29) is 23.0 Å². The first kappa shape index (κ1) is 16.5. The third-order valence-electron chi connectivity index (χ3n) is 3.16. The third kappa shape index (κ3) is 4.32. The van der Waals surface area contributed by atoms with Gasteiger partial charge in [-0.1, -0.05) is 35.9 Å². The Morgan fingerprint density at radius 2 is 1.82 bits per heavy atom. The fourth-order valence-corrected chi connectivity index (χ4v) is 3.31. The number of halogens is 1. The van der Waals surface area contributed by atoms with Crippen LogP contribution in [0.1, 0.15) is 12.0 Å². The van der Waals surface area contributed by atoms with E-state index in [0.717, 1.165) is 5.56 Å². The van der Waals surface area contributed by atoms with Crippen molar-refractivity contribution in [2.75, 3.05) is 11.1 Å². The first-order valence-corrected chi connectivity index (χ1v) is 8.75. The van der Waals surface area contributed by atoms with Gasteiger partial charge in [-0.15, -0.1) is 0 Å². The number of hydrogen-bond acceptors (Lipinski definition) is 3. The minimum Gasteiger partial charge on any atom is -0.326 e. The van der Waals surface area contributed by atoms with Gasteiger partial charge in [0.1, 0.15) is 0 Å². The summed E-state index contributed by atoms with van der Waals surface area (Å²) in [7, 11) is -3.45. The Hall–Kier alpha value is -1.85. The van der Waals surface area contributed by atoms with Crippen LogP contribution in [0, 0.1) is 6.92 Å². The van der Waals surface area contributed by atoms with Gasteiger partial charge in [0.15, 0.2) is 9.84 Å². The zero-order valence-electron chi connectivity index (χ0n) is 12.0. The molecular formula is C16H16ClNO3S. The number of hydrogen-bond donors (Lipinski definition) is 1. The molecule has 0 aromatic heterocycles. The van der Waals surface area contributed by atoms with Crippen LogP contribution in [0.15, 0.2) is 53.4 Å². The second kappa shape index (κ2) is 6.94. The molecule has 0 aliphatic carbocycles. The van der Waals surface area contributed by atoms with Crippen molar-refractivity contribution in [3.05, 3.63) is 59.1 Å². The van der Waals surface area contributed by atoms with E-state index in [1.807, 2.05) is 6.92 Å². The average Bonchev–Trinajstić information content (AvgIpc) is 2.50. The number of rotatable bonds is 5. The highest BCUT2D eigenvalue weighted by Crippen LogP contribution is 2.20. The molecule has 1 N–H and O–H groups in total. The smallest absolute Gasteiger partial charge is 0.225 e. The molecule has 0 bridgehead atoms. The van der Waals surface area contributed by atoms with Gasteiger partial charge in [0, 0.05) is 17.1 Å². The number of carbonyl (C=O) groups is 1. The van der Waals surface area contributed by atoms with E-state index in [1.54, 1.807) is 36.4 Å². The Balaban J connectivity index is 1.97. The number of carbonyl (C=O) groups excluding carboxylic acids is 1. The van der Waals surface area contributed by atoms with Gasteiger partial charge >= 0.3 is 0 Å². The van der Waals surface area contributed by atoms with Gasteiger partial charge < -0.3 is 5.32 Å². The maximum Gasteiger partial charge on any atom is 0.225 e. The fourth-order valence-electron chi connectivity index (χ4n) is 1.87. The van der Waals surface area contributed by atoms with Crippen LogP contribution in [0.4, 0.5) is 5.69 Å². The number of sulfone groups is 1. The van der Waals surface area contributed by atoms with Gasteiger partial charge in [-0.25, -0.2) is 8.42 Å². The molecule has 0 saturated heterocycles. The number of amides is 1. The lowest BCUT2D eigenvalue weighted by molar-refractivity contribution is -0.115. The number of nitrogens with one attached hydrogen (secondary N) is 1. The highest BCUT2D eigenvalue weighted by molar-refractivity contribution is 7.91. The zero-order valence-corrected chi connectivity index (χ0v) is 13.6. The van der Waals surface area contributed by atoms with Crippen molar-refractivity contribution in [1.82, 2.24) is 0 Å². The molecule has 1 amide bonds. The van der Waals surface area contributed by atoms with Gasteiger partial charge in [0.2, 0.25) is 5.91 Å². The minimum absolute atomic E-state index is 0.108. The van der Waals surface area contributed by atoms with E-state index in [0.29, 0.717) is 10.7 Å². The molecule has 2 aromatic rings. The third-order valence-corrected chi connectivity index (χ3v) is 5.29. The topological polar surface area (TPSA) is 63.2 Å². The largest absolute Gasteiger partial charge is 0.326 e. The molecule has 2 rings (SSSR count). The molecule has 0 spiro atoms. The molecule has 4 nitrogen and oxygen atoms in total. The second-order valence-electron chi connectivity index (χ2n) is 4.89. The van der Waals surface area contributed by atoms with Crippen LogP contribution in [0.25, 0.3) is 0 Å². The Morgan fingerprint density at radius 3 is 2.45 bits per heavy atom. The molecule has 0 aliphatic rings. The summed E-state index contributed by atoms with van der Waals surface area (Å²) in [5.74, 6) is -0.595. The summed E-state index contributed by atoms with van der Waals surface area (Å²) in [4.78, 5) is 12.1. The van der Waals surface area contributed by atoms with E-state index >= 15 is 0 Å². The summed E-state index contributed by atoms with van der Waals surface area (Å²) in [5.41, 5.74) is 1.46. The van der Waals surface area contributed by atoms with Crippen LogP contribution in [0.3, 0.4) is 0 Å². The Morgan fingerprint density at radius 1 is 1.14 bits per heavy atom. The number of anilines is 1. The lowest BCUT2D eigenvalue weighted by atomic mass is 10.2. The molecule has 0 aliphatic heterocycles. The summed E-state index contributed by atoms with van der Waals surface area (Å²) < 4.78 is 24.2. The minimum atomic E-state index is -3.45. The van der Waals surface area contributed by atoms with Gasteiger partial charge in [-0.2, -0.15) is 0 Å². The lowest BCUT2D eigenvalue weighted by Crippen LogP contribution is -2.17. The molecular weight excluding hydrogens is 322 g/mol. The van der Waals surface area contributed by atoms with E-state index in [1.165, 1.54) is 12.1 Å². The van der Waals surface area contributed by atoms with Gasteiger partial charge in [-0.05, 0) is 36.8 Å². The van der Waals surface area contributed by atoms with Crippen LogP contribution >= 0.6 is 11.6 Å². The van der Waals surface area contributed by atoms with Crippen LogP contribution < -0.4 is 5.32 Å². The normalized spacial score (nSPS) is 11.2. The zero-order chi connectivity index (χ0) is 16.2. The molecule has 0 atom stereocenters. The fraction of sp³-hybridized carbons (Fsp3) is 0.188. The summed E-state index contributed by atoms with van der Waals surface area (Å²) in [5, 5.41) is 3.20. The molecule has 6 heteroatoms. The maximum absolute atomic E-state index is 12.1. The Labute approximate surface area is 135 Å². The van der Waals surface area contributed by atoms with E-state index in [4.69, 9.17) is 11.6 Å². The summed E-state index contributed by atoms with van der Waals surface area (Å²) >= 11 is 5.98. The number of aryl methyl sites for hydroxylation is 1. The molecule has 22 heavy (non-hydrogen) atoms. The first-order valence-electron chi connectivity index (χ1n) is 6.72. The van der Waals surface area contributed by atoms with Gasteiger partial charge in [0.25, 0.3) is 0 Å². The molecule has 0 heterocycles. The molecule has 0 radical (unpaired) electrons. The lowest BCUT2D eigenvalue weighted by Gasteiger charge is -2.07. The van der Waals surface area contributed by atoms with Gasteiger partial charge in [0.05, 0.1) is 10.6 Å². The molecule has 0 fully saturated rings. The monoisotopic (exact) mass is 337 g/mol. The van der Waals surface area contributed by atoms with E-state index in [2.05, 4.69) is 5.32 Å². The second-order valence-corrected chi connectivity index (χ2v) is 7.41. The highest BCUT2D eigenvalue weighted by Gasteiger charge is 2.16. The van der Waals surface area contributed by atoms with Crippen LogP contribution in [-0.4, -0.2) is 20.1 Å². The predicted molar refractivity (Wildman–Crippen MR) is 87.9 cm³/mol. The first-order chi connectivity index (χ1) is 10.4. The standard InChI is InChI=1S/C16H16ClNO3S/c1-12-7-8-13(11-15(12)17)18-16(19)9-10-22(20,21)14-5-3-2-4-6-14/h2-8,11H,9-10H2,1H3,(H,18,19). The quantitative estimate of drug-likeness (QED) is 0.908. The predicted octanol–water partition coefficient (Wildman–Crippen LogP) is 3.45. The van der Waals surface area contributed by atoms with Crippen molar-refractivity contribution in [1.29, 1.82) is 0 Å². The molecule has 0 saturated carbocycles.